The molecule has 2 aromatic rings. The highest BCUT2D eigenvalue weighted by molar-refractivity contribution is 9.10. The molecule has 1 heterocycles. The van der Waals surface area contributed by atoms with Crippen LogP contribution >= 0.6 is 55.8 Å². The molecule has 0 atom stereocenters. The lowest BCUT2D eigenvalue weighted by Crippen LogP contribution is -2.45. The highest BCUT2D eigenvalue weighted by Gasteiger charge is 2.25. The average molecular weight is 472 g/mol. The van der Waals surface area contributed by atoms with E-state index in [-0.39, 0.29) is 0 Å². The number of hydrogen-bond donors (Lipinski definition) is 0. The molecule has 1 aliphatic heterocycles. The van der Waals surface area contributed by atoms with E-state index < -0.39 is 0 Å². The molecular weight excluding hydrogens is 456 g/mol. The predicted molar refractivity (Wildman–Crippen MR) is 113 cm³/mol. The van der Waals surface area contributed by atoms with Gasteiger partial charge in [-0.2, -0.15) is 0 Å². The lowest BCUT2D eigenvalue weighted by atomic mass is 10.2. The summed E-state index contributed by atoms with van der Waals surface area (Å²) in [6, 6.07) is 12.7. The Morgan fingerprint density at radius 1 is 0.957 bits per heavy atom. The van der Waals surface area contributed by atoms with Crippen LogP contribution in [-0.2, 0) is 0 Å². The van der Waals surface area contributed by atoms with E-state index in [1.54, 1.807) is 11.8 Å². The van der Waals surface area contributed by atoms with Gasteiger partial charge < -0.3 is 9.80 Å². The zero-order valence-electron chi connectivity index (χ0n) is 12.8. The summed E-state index contributed by atoms with van der Waals surface area (Å²) in [4.78, 5) is 4.58. The maximum absolute atomic E-state index is 5.60. The number of halogens is 2. The summed E-state index contributed by atoms with van der Waals surface area (Å²) in [5, 5.41) is 0. The molecule has 0 unspecified atom stereocenters. The van der Waals surface area contributed by atoms with Gasteiger partial charge in [-0.1, -0.05) is 55.8 Å². The quantitative estimate of drug-likeness (QED) is 0.488. The number of anilines is 2. The molecule has 0 amide bonds. The van der Waals surface area contributed by atoms with Crippen LogP contribution in [0.1, 0.15) is 11.1 Å². The third kappa shape index (κ3) is 3.76. The molecule has 2 nitrogen and oxygen atoms in total. The van der Waals surface area contributed by atoms with Crippen molar-refractivity contribution in [1.29, 1.82) is 0 Å². The fraction of sp³-hybridized carbons (Fsp3) is 0.235. The van der Waals surface area contributed by atoms with E-state index in [4.69, 9.17) is 12.2 Å². The Labute approximate surface area is 163 Å². The summed E-state index contributed by atoms with van der Waals surface area (Å²) in [5.41, 5.74) is 4.91. The molecule has 0 saturated carbocycles. The zero-order valence-corrected chi connectivity index (χ0v) is 17.7. The topological polar surface area (TPSA) is 6.48 Å². The Kier molecular flexibility index (Phi) is 5.35. The molecule has 1 saturated heterocycles. The van der Waals surface area contributed by atoms with Gasteiger partial charge in [0, 0.05) is 20.3 Å². The molecule has 1 fully saturated rings. The van der Waals surface area contributed by atoms with Crippen molar-refractivity contribution < 1.29 is 0 Å². The smallest absolute Gasteiger partial charge is 0.144 e. The first-order chi connectivity index (χ1) is 11.0. The van der Waals surface area contributed by atoms with Crippen molar-refractivity contribution in [3.63, 3.8) is 0 Å². The molecule has 0 aromatic heterocycles. The van der Waals surface area contributed by atoms with Gasteiger partial charge in [-0.25, -0.2) is 0 Å². The molecule has 0 spiro atoms. The van der Waals surface area contributed by atoms with E-state index >= 15 is 0 Å². The van der Waals surface area contributed by atoms with Crippen molar-refractivity contribution in [1.82, 2.24) is 0 Å². The molecule has 0 N–H and O–H groups in total. The summed E-state index contributed by atoms with van der Waals surface area (Å²) in [6.45, 7) is 5.04. The highest BCUT2D eigenvalue weighted by atomic mass is 79.9. The minimum atomic E-state index is 0.775. The predicted octanol–water partition coefficient (Wildman–Crippen LogP) is 6.09. The highest BCUT2D eigenvalue weighted by Crippen LogP contribution is 2.33. The first kappa shape index (κ1) is 17.3. The van der Waals surface area contributed by atoms with Crippen molar-refractivity contribution >= 4 is 71.5 Å². The van der Waals surface area contributed by atoms with Crippen LogP contribution in [-0.4, -0.2) is 16.9 Å². The average Bonchev–Trinajstić information content (AvgIpc) is 2.49. The minimum Gasteiger partial charge on any atom is -0.343 e. The maximum Gasteiger partial charge on any atom is 0.144 e. The Balaban J connectivity index is 1.91. The molecular formula is C17H16Br2N2S2. The van der Waals surface area contributed by atoms with Crippen LogP contribution in [0.25, 0.3) is 0 Å². The summed E-state index contributed by atoms with van der Waals surface area (Å²) in [5.74, 6) is 0.882. The van der Waals surface area contributed by atoms with Crippen molar-refractivity contribution in [2.75, 3.05) is 22.3 Å². The van der Waals surface area contributed by atoms with E-state index in [1.807, 2.05) is 0 Å². The molecule has 0 aliphatic carbocycles. The molecule has 6 heteroatoms. The summed E-state index contributed by atoms with van der Waals surface area (Å²) in [6.07, 6.45) is 0. The van der Waals surface area contributed by atoms with E-state index in [0.717, 1.165) is 25.8 Å². The van der Waals surface area contributed by atoms with E-state index in [0.29, 0.717) is 0 Å². The van der Waals surface area contributed by atoms with Gasteiger partial charge in [0.15, 0.2) is 0 Å². The van der Waals surface area contributed by atoms with Gasteiger partial charge in [-0.15, -0.1) is 0 Å². The van der Waals surface area contributed by atoms with Gasteiger partial charge in [-0.3, -0.25) is 0 Å². The third-order valence-electron chi connectivity index (χ3n) is 3.83. The molecule has 0 radical (unpaired) electrons. The van der Waals surface area contributed by atoms with Crippen LogP contribution in [0.5, 0.6) is 0 Å². The van der Waals surface area contributed by atoms with Crippen LogP contribution in [0.3, 0.4) is 0 Å². The van der Waals surface area contributed by atoms with E-state index in [9.17, 15) is 0 Å². The van der Waals surface area contributed by atoms with E-state index in [1.165, 1.54) is 22.5 Å². The second-order valence-electron chi connectivity index (χ2n) is 5.51. The van der Waals surface area contributed by atoms with Crippen LogP contribution in [0.2, 0.25) is 0 Å². The number of nitrogens with zero attached hydrogens (tertiary/aromatic N) is 2. The van der Waals surface area contributed by atoms with Crippen molar-refractivity contribution in [3.05, 3.63) is 56.5 Å². The Hall–Kier alpha value is -0.560. The normalized spacial score (nSPS) is 15.2. The van der Waals surface area contributed by atoms with Gasteiger partial charge in [0.2, 0.25) is 0 Å². The van der Waals surface area contributed by atoms with Gasteiger partial charge in [0.05, 0.1) is 12.5 Å². The van der Waals surface area contributed by atoms with Gasteiger partial charge in [-0.05, 0) is 61.4 Å². The van der Waals surface area contributed by atoms with Crippen LogP contribution in [0, 0.1) is 13.8 Å². The third-order valence-corrected chi connectivity index (χ3v) is 6.29. The molecule has 3 rings (SSSR count). The maximum atomic E-state index is 5.60. The fourth-order valence-electron chi connectivity index (χ4n) is 2.70. The standard InChI is InChI=1S/C17H16Br2N2S2/c1-11-7-13(18)3-5-15(11)20-9-21(17(22)23-10-20)16-6-4-14(19)8-12(16)2/h3-8H,9-10H2,1-2H3. The van der Waals surface area contributed by atoms with Gasteiger partial charge >= 0.3 is 0 Å². The largest absolute Gasteiger partial charge is 0.343 e. The first-order valence-corrected chi connectivity index (χ1v) is 10.2. The Bertz CT molecular complexity index is 764. The summed E-state index contributed by atoms with van der Waals surface area (Å²) in [7, 11) is 0. The number of benzene rings is 2. The number of thiocarbonyl (C=S) groups is 1. The van der Waals surface area contributed by atoms with Gasteiger partial charge in [0.1, 0.15) is 4.32 Å². The molecule has 2 aromatic carbocycles. The second kappa shape index (κ2) is 7.13. The Morgan fingerprint density at radius 3 is 2.09 bits per heavy atom. The van der Waals surface area contributed by atoms with Crippen molar-refractivity contribution in [3.8, 4) is 0 Å². The SMILES string of the molecule is Cc1cc(Br)ccc1N1CSC(=S)N(c2ccc(Br)cc2C)C1. The molecule has 0 bridgehead atoms. The Morgan fingerprint density at radius 2 is 1.52 bits per heavy atom. The number of aryl methyl sites for hydroxylation is 2. The number of hydrogen-bond acceptors (Lipinski definition) is 3. The lowest BCUT2D eigenvalue weighted by Gasteiger charge is -2.39. The molecule has 120 valence electrons. The van der Waals surface area contributed by atoms with E-state index in [2.05, 4.69) is 91.9 Å². The minimum absolute atomic E-state index is 0.775. The number of thioether (sulfide) groups is 1. The van der Waals surface area contributed by atoms with Crippen LogP contribution < -0.4 is 9.80 Å². The first-order valence-electron chi connectivity index (χ1n) is 7.17. The second-order valence-corrected chi connectivity index (χ2v) is 8.92. The van der Waals surface area contributed by atoms with Crippen molar-refractivity contribution in [2.45, 2.75) is 13.8 Å². The summed E-state index contributed by atoms with van der Waals surface area (Å²) >= 11 is 14.4. The lowest BCUT2D eigenvalue weighted by molar-refractivity contribution is 0.881. The zero-order chi connectivity index (χ0) is 16.6. The number of rotatable bonds is 2. The molecule has 23 heavy (non-hydrogen) atoms. The van der Waals surface area contributed by atoms with Gasteiger partial charge in [0.25, 0.3) is 0 Å². The van der Waals surface area contributed by atoms with Crippen molar-refractivity contribution in [2.24, 2.45) is 0 Å². The monoisotopic (exact) mass is 470 g/mol. The van der Waals surface area contributed by atoms with Crippen LogP contribution in [0.15, 0.2) is 45.3 Å². The summed E-state index contributed by atoms with van der Waals surface area (Å²) < 4.78 is 3.14. The van der Waals surface area contributed by atoms with Crippen LogP contribution in [0.4, 0.5) is 11.4 Å². The fourth-order valence-corrected chi connectivity index (χ4v) is 4.76. The molecule has 1 aliphatic rings.